The van der Waals surface area contributed by atoms with Crippen molar-refractivity contribution in [3.05, 3.63) is 64.3 Å². The zero-order chi connectivity index (χ0) is 22.1. The molecule has 9 heteroatoms. The van der Waals surface area contributed by atoms with Gasteiger partial charge in [0.05, 0.1) is 12.1 Å². The van der Waals surface area contributed by atoms with Gasteiger partial charge >= 0.3 is 5.97 Å². The molecule has 0 radical (unpaired) electrons. The van der Waals surface area contributed by atoms with E-state index in [0.29, 0.717) is 28.4 Å². The maximum absolute atomic E-state index is 12.8. The molecule has 2 aromatic carbocycles. The van der Waals surface area contributed by atoms with Crippen molar-refractivity contribution in [3.8, 4) is 6.07 Å². The van der Waals surface area contributed by atoms with Crippen molar-refractivity contribution in [1.82, 2.24) is 14.8 Å². The number of nitrogens with one attached hydrogen (secondary N) is 1. The number of carboxylic acid groups (broad SMARTS) is 1. The van der Waals surface area contributed by atoms with Crippen molar-refractivity contribution in [1.29, 1.82) is 5.26 Å². The molecule has 1 aromatic heterocycles. The summed E-state index contributed by atoms with van der Waals surface area (Å²) in [5, 5.41) is 20.4. The second-order valence-corrected chi connectivity index (χ2v) is 8.04. The average Bonchev–Trinajstić information content (AvgIpc) is 3.11. The van der Waals surface area contributed by atoms with Crippen molar-refractivity contribution < 1.29 is 14.7 Å². The van der Waals surface area contributed by atoms with Gasteiger partial charge < -0.3 is 20.7 Å². The molecular weight excluding hydrogens is 418 g/mol. The van der Waals surface area contributed by atoms with Crippen LogP contribution in [-0.4, -0.2) is 50.9 Å². The molecule has 4 N–H and O–H groups in total. The van der Waals surface area contributed by atoms with Gasteiger partial charge in [-0.1, -0.05) is 17.7 Å². The normalized spacial score (nSPS) is 17.1. The molecule has 1 amide bonds. The lowest BCUT2D eigenvalue weighted by Gasteiger charge is -2.39. The van der Waals surface area contributed by atoms with Crippen molar-refractivity contribution in [2.24, 2.45) is 0 Å². The first-order valence-corrected chi connectivity index (χ1v) is 10.0. The Morgan fingerprint density at radius 2 is 2.06 bits per heavy atom. The fourth-order valence-electron chi connectivity index (χ4n) is 3.89. The molecular formula is C22H20ClN5O3. The minimum absolute atomic E-state index is 0.103. The van der Waals surface area contributed by atoms with Crippen LogP contribution in [0.5, 0.6) is 0 Å². The van der Waals surface area contributed by atoms with Gasteiger partial charge in [0.1, 0.15) is 12.1 Å². The lowest BCUT2D eigenvalue weighted by Crippen LogP contribution is -2.58. The van der Waals surface area contributed by atoms with Crippen LogP contribution in [-0.2, 0) is 22.7 Å². The third-order valence-corrected chi connectivity index (χ3v) is 5.63. The third-order valence-electron chi connectivity index (χ3n) is 5.39. The zero-order valence-electron chi connectivity index (χ0n) is 16.5. The molecule has 3 aromatic rings. The quantitative estimate of drug-likeness (QED) is 0.526. The number of nitriles is 1. The van der Waals surface area contributed by atoms with Gasteiger partial charge in [0.25, 0.3) is 0 Å². The van der Waals surface area contributed by atoms with Gasteiger partial charge in [0.2, 0.25) is 5.91 Å². The summed E-state index contributed by atoms with van der Waals surface area (Å²) in [5.74, 6) is -1.34. The van der Waals surface area contributed by atoms with Crippen LogP contribution in [0.2, 0.25) is 5.02 Å². The first-order valence-electron chi connectivity index (χ1n) is 9.64. The molecule has 1 atom stereocenters. The molecule has 4 rings (SSSR count). The van der Waals surface area contributed by atoms with E-state index in [2.05, 4.69) is 4.98 Å². The lowest BCUT2D eigenvalue weighted by molar-refractivity contribution is -0.156. The van der Waals surface area contributed by atoms with Gasteiger partial charge in [-0.2, -0.15) is 5.26 Å². The number of piperazine rings is 1. The summed E-state index contributed by atoms with van der Waals surface area (Å²) in [7, 11) is 0. The van der Waals surface area contributed by atoms with Crippen LogP contribution in [0, 0.1) is 11.3 Å². The fourth-order valence-corrected chi connectivity index (χ4v) is 4.07. The number of nitrogen functional groups attached to an aromatic ring is 1. The van der Waals surface area contributed by atoms with E-state index >= 15 is 0 Å². The molecule has 0 spiro atoms. The number of aromatic amines is 1. The van der Waals surface area contributed by atoms with Crippen molar-refractivity contribution in [3.63, 3.8) is 0 Å². The summed E-state index contributed by atoms with van der Waals surface area (Å²) in [6.45, 7) is 0.832. The number of hydrogen-bond acceptors (Lipinski definition) is 5. The fraction of sp³-hybridized carbons (Fsp3) is 0.227. The van der Waals surface area contributed by atoms with Gasteiger partial charge in [-0.05, 0) is 42.0 Å². The number of halogens is 1. The van der Waals surface area contributed by atoms with Crippen LogP contribution in [0.15, 0.2) is 42.5 Å². The number of H-pyrrole nitrogens is 1. The molecule has 0 bridgehead atoms. The molecule has 0 saturated carbocycles. The number of benzene rings is 2. The summed E-state index contributed by atoms with van der Waals surface area (Å²) in [5.41, 5.74) is 8.98. The molecule has 1 unspecified atom stereocenters. The predicted molar refractivity (Wildman–Crippen MR) is 116 cm³/mol. The van der Waals surface area contributed by atoms with Crippen LogP contribution in [0.3, 0.4) is 0 Å². The number of aromatic nitrogens is 1. The van der Waals surface area contributed by atoms with Crippen LogP contribution in [0.1, 0.15) is 16.8 Å². The zero-order valence-corrected chi connectivity index (χ0v) is 17.3. The number of aliphatic carboxylic acids is 1. The van der Waals surface area contributed by atoms with Crippen molar-refractivity contribution >= 4 is 40.1 Å². The topological polar surface area (TPSA) is 126 Å². The SMILES string of the molecule is N#Cc1ccc(CN2C(=O)CN(Cc3cc4cc(Cl)ccc4[nH]3)CC2C(=O)O)cc1N. The molecule has 2 heterocycles. The number of anilines is 1. The molecule has 1 aliphatic heterocycles. The number of rotatable bonds is 5. The largest absolute Gasteiger partial charge is 0.480 e. The highest BCUT2D eigenvalue weighted by atomic mass is 35.5. The maximum atomic E-state index is 12.8. The molecule has 158 valence electrons. The van der Waals surface area contributed by atoms with E-state index in [1.165, 1.54) is 4.90 Å². The summed E-state index contributed by atoms with van der Waals surface area (Å²) in [4.78, 5) is 31.2. The second kappa shape index (κ2) is 8.30. The highest BCUT2D eigenvalue weighted by molar-refractivity contribution is 6.31. The Balaban J connectivity index is 1.51. The van der Waals surface area contributed by atoms with Gasteiger partial charge in [-0.25, -0.2) is 4.79 Å². The van der Waals surface area contributed by atoms with E-state index < -0.39 is 12.0 Å². The smallest absolute Gasteiger partial charge is 0.327 e. The number of carboxylic acids is 1. The van der Waals surface area contributed by atoms with Gasteiger partial charge in [-0.3, -0.25) is 9.69 Å². The van der Waals surface area contributed by atoms with Gasteiger partial charge in [0, 0.05) is 46.9 Å². The highest BCUT2D eigenvalue weighted by Gasteiger charge is 2.37. The third kappa shape index (κ3) is 4.33. The van der Waals surface area contributed by atoms with E-state index in [1.807, 2.05) is 29.2 Å². The van der Waals surface area contributed by atoms with Crippen LogP contribution in [0.25, 0.3) is 10.9 Å². The molecule has 1 aliphatic rings. The van der Waals surface area contributed by atoms with E-state index in [-0.39, 0.29) is 25.5 Å². The van der Waals surface area contributed by atoms with Crippen molar-refractivity contribution in [2.45, 2.75) is 19.1 Å². The Hall–Kier alpha value is -3.54. The standard InChI is InChI=1S/C22H20ClN5O3/c23-16-3-4-19-15(6-16)7-17(26-19)10-27-11-20(22(30)31)28(21(29)12-27)9-13-1-2-14(8-24)18(25)5-13/h1-7,20,26H,9-12,25H2,(H,30,31). The predicted octanol–water partition coefficient (Wildman–Crippen LogP) is 2.57. The molecule has 8 nitrogen and oxygen atoms in total. The number of fused-ring (bicyclic) bond motifs is 1. The number of carbonyl (C=O) groups excluding carboxylic acids is 1. The molecule has 31 heavy (non-hydrogen) atoms. The van der Waals surface area contributed by atoms with Crippen molar-refractivity contribution in [2.75, 3.05) is 18.8 Å². The second-order valence-electron chi connectivity index (χ2n) is 7.60. The summed E-state index contributed by atoms with van der Waals surface area (Å²) in [6, 6.07) is 13.3. The monoisotopic (exact) mass is 437 g/mol. The number of carbonyl (C=O) groups is 2. The van der Waals surface area contributed by atoms with Crippen LogP contribution in [0.4, 0.5) is 5.69 Å². The maximum Gasteiger partial charge on any atom is 0.327 e. The van der Waals surface area contributed by atoms with E-state index in [0.717, 1.165) is 16.6 Å². The molecule has 0 aliphatic carbocycles. The first kappa shape index (κ1) is 20.7. The van der Waals surface area contributed by atoms with Gasteiger partial charge in [-0.15, -0.1) is 0 Å². The van der Waals surface area contributed by atoms with Gasteiger partial charge in [0.15, 0.2) is 0 Å². The Kier molecular flexibility index (Phi) is 5.55. The number of nitrogens with zero attached hydrogens (tertiary/aromatic N) is 3. The first-order chi connectivity index (χ1) is 14.8. The van der Waals surface area contributed by atoms with E-state index in [1.54, 1.807) is 24.3 Å². The Labute approximate surface area is 183 Å². The number of hydrogen-bond donors (Lipinski definition) is 3. The lowest BCUT2D eigenvalue weighted by atomic mass is 10.1. The highest BCUT2D eigenvalue weighted by Crippen LogP contribution is 2.23. The van der Waals surface area contributed by atoms with Crippen LogP contribution < -0.4 is 5.73 Å². The molecule has 1 saturated heterocycles. The average molecular weight is 438 g/mol. The summed E-state index contributed by atoms with van der Waals surface area (Å²) >= 11 is 6.04. The van der Waals surface area contributed by atoms with E-state index in [4.69, 9.17) is 22.6 Å². The Morgan fingerprint density at radius 3 is 2.77 bits per heavy atom. The van der Waals surface area contributed by atoms with E-state index in [9.17, 15) is 14.7 Å². The number of nitrogens with two attached hydrogens (primary N) is 1. The Morgan fingerprint density at radius 1 is 1.26 bits per heavy atom. The minimum atomic E-state index is -1.07. The van der Waals surface area contributed by atoms with Crippen LogP contribution >= 0.6 is 11.6 Å². The summed E-state index contributed by atoms with van der Waals surface area (Å²) in [6.07, 6.45) is 0. The minimum Gasteiger partial charge on any atom is -0.480 e. The number of amides is 1. The summed E-state index contributed by atoms with van der Waals surface area (Å²) < 4.78 is 0. The Bertz CT molecular complexity index is 1220. The molecule has 1 fully saturated rings.